The standard InChI is InChI=1S/C15H16BrN3OS/c1-10-3-5-13(11(2)7-10)17-9-15(20)19-18-8-12-4-6-14(16)21-12/h3-8,17H,9H2,1-2H3,(H,19,20). The lowest BCUT2D eigenvalue weighted by molar-refractivity contribution is -0.119. The van der Waals surface area contributed by atoms with Crippen molar-refractivity contribution in [1.29, 1.82) is 0 Å². The highest BCUT2D eigenvalue weighted by molar-refractivity contribution is 9.11. The number of amides is 1. The van der Waals surface area contributed by atoms with Crippen LogP contribution in [0.5, 0.6) is 0 Å². The molecule has 4 nitrogen and oxygen atoms in total. The molecule has 1 amide bonds. The molecule has 1 aromatic heterocycles. The van der Waals surface area contributed by atoms with Crippen molar-refractivity contribution in [2.75, 3.05) is 11.9 Å². The van der Waals surface area contributed by atoms with Crippen LogP contribution in [-0.2, 0) is 4.79 Å². The Morgan fingerprint density at radius 1 is 1.33 bits per heavy atom. The molecule has 0 aliphatic rings. The summed E-state index contributed by atoms with van der Waals surface area (Å²) in [7, 11) is 0. The summed E-state index contributed by atoms with van der Waals surface area (Å²) in [4.78, 5) is 12.7. The molecule has 6 heteroatoms. The lowest BCUT2D eigenvalue weighted by Gasteiger charge is -2.09. The molecular formula is C15H16BrN3OS. The Bertz CT molecular complexity index is 667. The van der Waals surface area contributed by atoms with E-state index in [1.54, 1.807) is 17.6 Å². The number of hydrazone groups is 1. The van der Waals surface area contributed by atoms with Crippen molar-refractivity contribution in [2.24, 2.45) is 5.10 Å². The Balaban J connectivity index is 1.81. The third kappa shape index (κ3) is 4.99. The highest BCUT2D eigenvalue weighted by atomic mass is 79.9. The van der Waals surface area contributed by atoms with Crippen molar-refractivity contribution in [3.63, 3.8) is 0 Å². The van der Waals surface area contributed by atoms with E-state index in [0.717, 1.165) is 19.9 Å². The van der Waals surface area contributed by atoms with Crippen LogP contribution in [0.3, 0.4) is 0 Å². The van der Waals surface area contributed by atoms with Gasteiger partial charge in [-0.05, 0) is 53.5 Å². The number of hydrogen-bond donors (Lipinski definition) is 2. The summed E-state index contributed by atoms with van der Waals surface area (Å²) in [5.41, 5.74) is 5.78. The van der Waals surface area contributed by atoms with Gasteiger partial charge in [-0.2, -0.15) is 5.10 Å². The Kier molecular flexibility index (Phi) is 5.52. The molecule has 0 unspecified atom stereocenters. The van der Waals surface area contributed by atoms with Crippen molar-refractivity contribution in [1.82, 2.24) is 5.43 Å². The molecule has 110 valence electrons. The van der Waals surface area contributed by atoms with E-state index in [2.05, 4.69) is 37.8 Å². The smallest absolute Gasteiger partial charge is 0.259 e. The first-order valence-electron chi connectivity index (χ1n) is 6.43. The molecule has 0 radical (unpaired) electrons. The van der Waals surface area contributed by atoms with E-state index >= 15 is 0 Å². The highest BCUT2D eigenvalue weighted by Gasteiger charge is 2.02. The molecule has 2 N–H and O–H groups in total. The summed E-state index contributed by atoms with van der Waals surface area (Å²) in [5, 5.41) is 7.03. The van der Waals surface area contributed by atoms with Crippen LogP contribution in [0.15, 0.2) is 39.2 Å². The van der Waals surface area contributed by atoms with Gasteiger partial charge in [-0.1, -0.05) is 17.7 Å². The maximum absolute atomic E-state index is 11.7. The second-order valence-corrected chi connectivity index (χ2v) is 7.10. The summed E-state index contributed by atoms with van der Waals surface area (Å²) in [6.45, 7) is 4.25. The number of nitrogens with zero attached hydrogens (tertiary/aromatic N) is 1. The molecule has 0 atom stereocenters. The van der Waals surface area contributed by atoms with Crippen LogP contribution < -0.4 is 10.7 Å². The molecular weight excluding hydrogens is 350 g/mol. The third-order valence-corrected chi connectivity index (χ3v) is 4.35. The molecule has 1 aromatic carbocycles. The number of aryl methyl sites for hydroxylation is 2. The van der Waals surface area contributed by atoms with Gasteiger partial charge in [0.15, 0.2) is 0 Å². The van der Waals surface area contributed by atoms with Crippen molar-refractivity contribution >= 4 is 45.1 Å². The number of benzene rings is 1. The zero-order chi connectivity index (χ0) is 15.2. The normalized spacial score (nSPS) is 10.8. The van der Waals surface area contributed by atoms with Gasteiger partial charge < -0.3 is 5.32 Å². The Labute approximate surface area is 136 Å². The average molecular weight is 366 g/mol. The van der Waals surface area contributed by atoms with Gasteiger partial charge in [-0.3, -0.25) is 4.79 Å². The number of rotatable bonds is 5. The van der Waals surface area contributed by atoms with Crippen LogP contribution >= 0.6 is 27.3 Å². The first-order valence-corrected chi connectivity index (χ1v) is 8.04. The van der Waals surface area contributed by atoms with Crippen LogP contribution in [0.4, 0.5) is 5.69 Å². The van der Waals surface area contributed by atoms with Gasteiger partial charge in [-0.25, -0.2) is 5.43 Å². The van der Waals surface area contributed by atoms with Crippen LogP contribution in [0.1, 0.15) is 16.0 Å². The Hall–Kier alpha value is -1.66. The van der Waals surface area contributed by atoms with E-state index < -0.39 is 0 Å². The number of nitrogens with one attached hydrogen (secondary N) is 2. The molecule has 0 fully saturated rings. The maximum atomic E-state index is 11.7. The quantitative estimate of drug-likeness (QED) is 0.626. The predicted octanol–water partition coefficient (Wildman–Crippen LogP) is 3.69. The van der Waals surface area contributed by atoms with E-state index in [1.165, 1.54) is 5.56 Å². The fourth-order valence-electron chi connectivity index (χ4n) is 1.79. The van der Waals surface area contributed by atoms with Crippen LogP contribution in [0.25, 0.3) is 0 Å². The lowest BCUT2D eigenvalue weighted by atomic mass is 10.1. The summed E-state index contributed by atoms with van der Waals surface area (Å²) < 4.78 is 1.03. The van der Waals surface area contributed by atoms with Crippen molar-refractivity contribution in [3.05, 3.63) is 50.1 Å². The second-order valence-electron chi connectivity index (χ2n) is 4.61. The van der Waals surface area contributed by atoms with Gasteiger partial charge in [0.05, 0.1) is 16.5 Å². The van der Waals surface area contributed by atoms with E-state index in [9.17, 15) is 4.79 Å². The van der Waals surface area contributed by atoms with Crippen LogP contribution in [-0.4, -0.2) is 18.7 Å². The van der Waals surface area contributed by atoms with Crippen LogP contribution in [0.2, 0.25) is 0 Å². The van der Waals surface area contributed by atoms with Crippen LogP contribution in [0, 0.1) is 13.8 Å². The lowest BCUT2D eigenvalue weighted by Crippen LogP contribution is -2.26. The highest BCUT2D eigenvalue weighted by Crippen LogP contribution is 2.20. The van der Waals surface area contributed by atoms with Gasteiger partial charge in [0, 0.05) is 10.6 Å². The van der Waals surface area contributed by atoms with E-state index in [4.69, 9.17) is 0 Å². The Morgan fingerprint density at radius 3 is 2.81 bits per heavy atom. The zero-order valence-electron chi connectivity index (χ0n) is 11.8. The fourth-order valence-corrected chi connectivity index (χ4v) is 3.09. The number of thiophene rings is 1. The van der Waals surface area contributed by atoms with Gasteiger partial charge in [-0.15, -0.1) is 11.3 Å². The average Bonchev–Trinajstić information content (AvgIpc) is 2.83. The molecule has 0 saturated carbocycles. The first-order chi connectivity index (χ1) is 10.0. The van der Waals surface area contributed by atoms with Crippen molar-refractivity contribution in [3.8, 4) is 0 Å². The molecule has 0 spiro atoms. The summed E-state index contributed by atoms with van der Waals surface area (Å²) >= 11 is 4.93. The number of anilines is 1. The van der Waals surface area contributed by atoms with Gasteiger partial charge in [0.25, 0.3) is 5.91 Å². The second kappa shape index (κ2) is 7.38. The van der Waals surface area contributed by atoms with Gasteiger partial charge >= 0.3 is 0 Å². The molecule has 2 aromatic rings. The number of halogens is 1. The van der Waals surface area contributed by atoms with E-state index in [1.807, 2.05) is 38.1 Å². The minimum atomic E-state index is -0.179. The number of carbonyl (C=O) groups is 1. The monoisotopic (exact) mass is 365 g/mol. The summed E-state index contributed by atoms with van der Waals surface area (Å²) in [6.07, 6.45) is 1.63. The largest absolute Gasteiger partial charge is 0.376 e. The minimum Gasteiger partial charge on any atom is -0.376 e. The molecule has 1 heterocycles. The molecule has 0 aliphatic carbocycles. The van der Waals surface area contributed by atoms with E-state index in [-0.39, 0.29) is 12.5 Å². The molecule has 2 rings (SSSR count). The maximum Gasteiger partial charge on any atom is 0.259 e. The zero-order valence-corrected chi connectivity index (χ0v) is 14.2. The topological polar surface area (TPSA) is 53.5 Å². The Morgan fingerprint density at radius 2 is 2.14 bits per heavy atom. The summed E-state index contributed by atoms with van der Waals surface area (Å²) in [5.74, 6) is -0.179. The molecule has 21 heavy (non-hydrogen) atoms. The summed E-state index contributed by atoms with van der Waals surface area (Å²) in [6, 6.07) is 9.94. The minimum absolute atomic E-state index is 0.179. The fraction of sp³-hybridized carbons (Fsp3) is 0.200. The SMILES string of the molecule is Cc1ccc(NCC(=O)NN=Cc2ccc(Br)s2)c(C)c1. The molecule has 0 bridgehead atoms. The first kappa shape index (κ1) is 15.7. The predicted molar refractivity (Wildman–Crippen MR) is 92.2 cm³/mol. The number of carbonyl (C=O) groups excluding carboxylic acids is 1. The molecule has 0 saturated heterocycles. The third-order valence-electron chi connectivity index (χ3n) is 2.80. The molecule has 0 aliphatic heterocycles. The van der Waals surface area contributed by atoms with Gasteiger partial charge in [0.2, 0.25) is 0 Å². The van der Waals surface area contributed by atoms with Gasteiger partial charge in [0.1, 0.15) is 0 Å². The van der Waals surface area contributed by atoms with Crippen molar-refractivity contribution in [2.45, 2.75) is 13.8 Å². The van der Waals surface area contributed by atoms with Crippen molar-refractivity contribution < 1.29 is 4.79 Å². The number of hydrogen-bond acceptors (Lipinski definition) is 4. The van der Waals surface area contributed by atoms with E-state index in [0.29, 0.717) is 0 Å².